The van der Waals surface area contributed by atoms with Gasteiger partial charge in [-0.15, -0.1) is 0 Å². The molecule has 0 spiro atoms. The zero-order valence-electron chi connectivity index (χ0n) is 22.4. The SMILES string of the molecule is COC(=O)C[C@H](c1cc2cccc3c2n(c1=O)CC3)c1c(OC)ccc2c(=O)c(-c3ccc(OC)cc3)coc12. The van der Waals surface area contributed by atoms with Crippen LogP contribution in [0.25, 0.3) is 33.0 Å². The Kier molecular flexibility index (Phi) is 6.38. The Morgan fingerprint density at radius 3 is 2.52 bits per heavy atom. The summed E-state index contributed by atoms with van der Waals surface area (Å²) in [6.45, 7) is 0.556. The van der Waals surface area contributed by atoms with Gasteiger partial charge in [0.15, 0.2) is 0 Å². The maximum Gasteiger partial charge on any atom is 0.306 e. The molecule has 0 N–H and O–H groups in total. The molecular formula is C32H27NO7. The Balaban J connectivity index is 1.61. The minimum atomic E-state index is -0.786. The average Bonchev–Trinajstić information content (AvgIpc) is 3.43. The first-order valence-corrected chi connectivity index (χ1v) is 12.9. The zero-order valence-corrected chi connectivity index (χ0v) is 22.4. The topological polar surface area (TPSA) is 97.0 Å². The van der Waals surface area contributed by atoms with Crippen LogP contribution < -0.4 is 20.5 Å². The number of para-hydroxylation sites is 1. The number of rotatable bonds is 7. The Morgan fingerprint density at radius 1 is 1.00 bits per heavy atom. The van der Waals surface area contributed by atoms with Crippen molar-refractivity contribution in [3.8, 4) is 22.6 Å². The van der Waals surface area contributed by atoms with Gasteiger partial charge in [-0.1, -0.05) is 30.3 Å². The fraction of sp³-hybridized carbons (Fsp3) is 0.219. The predicted octanol–water partition coefficient (Wildman–Crippen LogP) is 5.04. The Bertz CT molecular complexity index is 1900. The van der Waals surface area contributed by atoms with Crippen molar-refractivity contribution in [1.82, 2.24) is 4.57 Å². The third-order valence-electron chi connectivity index (χ3n) is 7.71. The van der Waals surface area contributed by atoms with E-state index in [1.807, 2.05) is 24.3 Å². The molecule has 0 aliphatic carbocycles. The van der Waals surface area contributed by atoms with Gasteiger partial charge in [-0.3, -0.25) is 14.4 Å². The molecule has 0 amide bonds. The molecule has 3 aromatic carbocycles. The summed E-state index contributed by atoms with van der Waals surface area (Å²) in [7, 11) is 4.38. The summed E-state index contributed by atoms with van der Waals surface area (Å²) >= 11 is 0. The molecular weight excluding hydrogens is 510 g/mol. The maximum absolute atomic E-state index is 13.9. The smallest absolute Gasteiger partial charge is 0.306 e. The maximum atomic E-state index is 13.9. The molecule has 5 aromatic rings. The van der Waals surface area contributed by atoms with Crippen LogP contribution in [0.4, 0.5) is 0 Å². The van der Waals surface area contributed by atoms with E-state index in [0.717, 1.165) is 22.9 Å². The molecule has 8 heteroatoms. The van der Waals surface area contributed by atoms with Crippen molar-refractivity contribution >= 4 is 27.8 Å². The lowest BCUT2D eigenvalue weighted by molar-refractivity contribution is -0.140. The van der Waals surface area contributed by atoms with E-state index in [9.17, 15) is 14.4 Å². The van der Waals surface area contributed by atoms with E-state index in [0.29, 0.717) is 45.7 Å². The number of hydrogen-bond acceptors (Lipinski definition) is 7. The van der Waals surface area contributed by atoms with Gasteiger partial charge >= 0.3 is 5.97 Å². The van der Waals surface area contributed by atoms with Crippen LogP contribution in [0.2, 0.25) is 0 Å². The number of ether oxygens (including phenoxy) is 3. The van der Waals surface area contributed by atoms with Crippen molar-refractivity contribution < 1.29 is 23.4 Å². The molecule has 0 saturated heterocycles. The van der Waals surface area contributed by atoms with Crippen molar-refractivity contribution in [2.24, 2.45) is 0 Å². The van der Waals surface area contributed by atoms with Crippen LogP contribution in [0.3, 0.4) is 0 Å². The quantitative estimate of drug-likeness (QED) is 0.268. The number of carbonyl (C=O) groups is 1. The van der Waals surface area contributed by atoms with E-state index >= 15 is 0 Å². The molecule has 0 saturated carbocycles. The number of hydrogen-bond donors (Lipinski definition) is 0. The highest BCUT2D eigenvalue weighted by molar-refractivity contribution is 5.89. The minimum Gasteiger partial charge on any atom is -0.497 e. The van der Waals surface area contributed by atoms with Crippen LogP contribution in [0.5, 0.6) is 11.5 Å². The molecule has 0 fully saturated rings. The zero-order chi connectivity index (χ0) is 28.0. The lowest BCUT2D eigenvalue weighted by Gasteiger charge is -2.21. The van der Waals surface area contributed by atoms with Crippen LogP contribution >= 0.6 is 0 Å². The number of aromatic nitrogens is 1. The molecule has 2 aromatic heterocycles. The summed E-state index contributed by atoms with van der Waals surface area (Å²) < 4.78 is 23.9. The fourth-order valence-electron chi connectivity index (χ4n) is 5.74. The van der Waals surface area contributed by atoms with Crippen LogP contribution in [-0.4, -0.2) is 31.9 Å². The van der Waals surface area contributed by atoms with E-state index in [1.54, 1.807) is 48.1 Å². The highest BCUT2D eigenvalue weighted by Gasteiger charge is 2.31. The van der Waals surface area contributed by atoms with Crippen LogP contribution in [0.1, 0.15) is 29.0 Å². The lowest BCUT2D eigenvalue weighted by Crippen LogP contribution is -2.26. The average molecular weight is 538 g/mol. The minimum absolute atomic E-state index is 0.143. The van der Waals surface area contributed by atoms with E-state index in [2.05, 4.69) is 0 Å². The van der Waals surface area contributed by atoms with Gasteiger partial charge in [-0.2, -0.15) is 0 Å². The molecule has 6 rings (SSSR count). The molecule has 0 unspecified atom stereocenters. The van der Waals surface area contributed by atoms with Gasteiger partial charge in [0.05, 0.1) is 44.2 Å². The molecule has 40 heavy (non-hydrogen) atoms. The molecule has 1 aliphatic rings. The number of nitrogens with zero attached hydrogens (tertiary/aromatic N) is 1. The highest BCUT2D eigenvalue weighted by Crippen LogP contribution is 2.40. The van der Waals surface area contributed by atoms with Crippen molar-refractivity contribution in [2.45, 2.75) is 25.3 Å². The number of esters is 1. The summed E-state index contributed by atoms with van der Waals surface area (Å²) in [4.78, 5) is 40.4. The summed E-state index contributed by atoms with van der Waals surface area (Å²) in [6, 6.07) is 18.2. The van der Waals surface area contributed by atoms with Gasteiger partial charge in [-0.25, -0.2) is 0 Å². The van der Waals surface area contributed by atoms with Gasteiger partial charge in [0.25, 0.3) is 5.56 Å². The third-order valence-corrected chi connectivity index (χ3v) is 7.71. The summed E-state index contributed by atoms with van der Waals surface area (Å²) in [5.74, 6) is -0.220. The van der Waals surface area contributed by atoms with Crippen LogP contribution in [0, 0.1) is 0 Å². The van der Waals surface area contributed by atoms with Gasteiger partial charge in [0.1, 0.15) is 23.3 Å². The molecule has 3 heterocycles. The third kappa shape index (κ3) is 4.04. The lowest BCUT2D eigenvalue weighted by atomic mass is 9.86. The molecule has 8 nitrogen and oxygen atoms in total. The van der Waals surface area contributed by atoms with Gasteiger partial charge < -0.3 is 23.2 Å². The largest absolute Gasteiger partial charge is 0.497 e. The predicted molar refractivity (Wildman–Crippen MR) is 151 cm³/mol. The van der Waals surface area contributed by atoms with Gasteiger partial charge in [-0.05, 0) is 53.3 Å². The second-order valence-corrected chi connectivity index (χ2v) is 9.76. The number of carbonyl (C=O) groups excluding carboxylic acids is 1. The van der Waals surface area contributed by atoms with E-state index in [4.69, 9.17) is 18.6 Å². The van der Waals surface area contributed by atoms with Crippen LogP contribution in [0.15, 0.2) is 80.9 Å². The molecule has 1 atom stereocenters. The molecule has 1 aliphatic heterocycles. The van der Waals surface area contributed by atoms with Crippen molar-refractivity contribution in [3.05, 3.63) is 104 Å². The highest BCUT2D eigenvalue weighted by atomic mass is 16.5. The monoisotopic (exact) mass is 537 g/mol. The van der Waals surface area contributed by atoms with Crippen molar-refractivity contribution in [2.75, 3.05) is 21.3 Å². The summed E-state index contributed by atoms with van der Waals surface area (Å²) in [6.07, 6.45) is 2.03. The fourth-order valence-corrected chi connectivity index (χ4v) is 5.74. The van der Waals surface area contributed by atoms with Gasteiger partial charge in [0, 0.05) is 23.6 Å². The Hall–Kier alpha value is -4.85. The van der Waals surface area contributed by atoms with Crippen molar-refractivity contribution in [3.63, 3.8) is 0 Å². The van der Waals surface area contributed by atoms with E-state index in [-0.39, 0.29) is 23.0 Å². The van der Waals surface area contributed by atoms with Crippen molar-refractivity contribution in [1.29, 1.82) is 0 Å². The van der Waals surface area contributed by atoms with E-state index in [1.165, 1.54) is 20.5 Å². The Labute approximate surface area is 229 Å². The number of pyridine rings is 1. The second-order valence-electron chi connectivity index (χ2n) is 9.76. The molecule has 0 radical (unpaired) electrons. The first kappa shape index (κ1) is 25.4. The van der Waals surface area contributed by atoms with Gasteiger partial charge in [0.2, 0.25) is 5.43 Å². The second kappa shape index (κ2) is 10.0. The molecule has 202 valence electrons. The first-order valence-electron chi connectivity index (χ1n) is 12.9. The summed E-state index contributed by atoms with van der Waals surface area (Å²) in [5, 5.41) is 1.22. The number of benzene rings is 3. The number of methoxy groups -OCH3 is 3. The standard InChI is InChI=1S/C32H27NO7/c1-37-21-9-7-18(8-10-21)25-17-40-31-22(30(25)35)11-12-26(38-2)28(31)23(16-27(34)39-3)24-15-20-6-4-5-19-13-14-33(29(19)20)32(24)36/h4-12,15,17,23H,13-14,16H2,1-3H3/t23-/m1/s1. The Morgan fingerprint density at radius 2 is 1.80 bits per heavy atom. The number of fused-ring (bicyclic) bond motifs is 1. The normalized spacial score (nSPS) is 13.0. The first-order chi connectivity index (χ1) is 19.4. The summed E-state index contributed by atoms with van der Waals surface area (Å²) in [5.41, 5.74) is 3.75. The molecule has 0 bridgehead atoms. The van der Waals surface area contributed by atoms with E-state index < -0.39 is 11.9 Å². The van der Waals surface area contributed by atoms with Crippen LogP contribution in [-0.2, 0) is 22.5 Å². The number of aryl methyl sites for hydroxylation is 2.